The van der Waals surface area contributed by atoms with E-state index in [4.69, 9.17) is 18.6 Å². The molecule has 0 aliphatic carbocycles. The van der Waals surface area contributed by atoms with Gasteiger partial charge in [0, 0.05) is 11.1 Å². The summed E-state index contributed by atoms with van der Waals surface area (Å²) >= 11 is 1.32. The standard InChI is InChI=1S/C26H29N3O6S/c1-15-20-23(30)29(26(2,3)4)25(31)28(24(20)36-21(15)22-27-10-11-34-22)12-19(35-16-13-33-14-16)17-8-6-7-9-18(17)32-5/h6-11,16,19H,12-14H2,1-5H3/t19-/m0/s1. The van der Waals surface area contributed by atoms with Gasteiger partial charge in [0.1, 0.15) is 29.1 Å². The Balaban J connectivity index is 1.75. The number of nitrogens with zero attached hydrogens (tertiary/aromatic N) is 3. The molecule has 0 N–H and O–H groups in total. The van der Waals surface area contributed by atoms with Crippen molar-refractivity contribution < 1.29 is 18.6 Å². The number of benzene rings is 1. The molecule has 0 unspecified atom stereocenters. The van der Waals surface area contributed by atoms with E-state index in [0.29, 0.717) is 39.9 Å². The van der Waals surface area contributed by atoms with Crippen LogP contribution in [0.2, 0.25) is 0 Å². The minimum atomic E-state index is -0.732. The van der Waals surface area contributed by atoms with Crippen LogP contribution in [0.15, 0.2) is 50.7 Å². The number of hydrogen-bond donors (Lipinski definition) is 0. The molecule has 4 heterocycles. The summed E-state index contributed by atoms with van der Waals surface area (Å²) in [6.07, 6.45) is 2.46. The Kier molecular flexibility index (Phi) is 6.36. The molecule has 1 atom stereocenters. The van der Waals surface area contributed by atoms with Crippen molar-refractivity contribution in [2.45, 2.75) is 52.0 Å². The number of ether oxygens (including phenoxy) is 3. The van der Waals surface area contributed by atoms with Crippen LogP contribution in [0.25, 0.3) is 21.0 Å². The van der Waals surface area contributed by atoms with Gasteiger partial charge in [-0.15, -0.1) is 11.3 Å². The van der Waals surface area contributed by atoms with Gasteiger partial charge in [0.25, 0.3) is 5.56 Å². The average molecular weight is 512 g/mol. The lowest BCUT2D eigenvalue weighted by molar-refractivity contribution is -0.159. The maximum Gasteiger partial charge on any atom is 0.332 e. The third kappa shape index (κ3) is 4.19. The van der Waals surface area contributed by atoms with E-state index in [2.05, 4.69) is 4.98 Å². The summed E-state index contributed by atoms with van der Waals surface area (Å²) in [6.45, 7) is 8.58. The molecule has 4 aromatic rings. The van der Waals surface area contributed by atoms with Crippen LogP contribution in [-0.2, 0) is 21.6 Å². The summed E-state index contributed by atoms with van der Waals surface area (Å²) in [6, 6.07) is 7.60. The molecule has 36 heavy (non-hydrogen) atoms. The fourth-order valence-corrected chi connectivity index (χ4v) is 5.72. The van der Waals surface area contributed by atoms with Crippen molar-refractivity contribution >= 4 is 21.6 Å². The van der Waals surface area contributed by atoms with E-state index in [9.17, 15) is 9.59 Å². The Labute approximate surface area is 211 Å². The van der Waals surface area contributed by atoms with Gasteiger partial charge in [-0.25, -0.2) is 9.78 Å². The molecule has 1 aromatic carbocycles. The largest absolute Gasteiger partial charge is 0.496 e. The Bertz CT molecular complexity index is 1510. The normalized spacial score (nSPS) is 15.2. The summed E-state index contributed by atoms with van der Waals surface area (Å²) < 4.78 is 25.9. The maximum absolute atomic E-state index is 13.9. The van der Waals surface area contributed by atoms with Gasteiger partial charge < -0.3 is 18.6 Å². The van der Waals surface area contributed by atoms with Crippen LogP contribution < -0.4 is 16.0 Å². The van der Waals surface area contributed by atoms with Crippen molar-refractivity contribution in [3.63, 3.8) is 0 Å². The number of rotatable bonds is 7. The number of thiophene rings is 1. The molecule has 0 saturated carbocycles. The average Bonchev–Trinajstić information content (AvgIpc) is 3.44. The third-order valence-corrected chi connectivity index (χ3v) is 7.61. The zero-order valence-electron chi connectivity index (χ0n) is 20.9. The zero-order chi connectivity index (χ0) is 25.6. The first-order valence-electron chi connectivity index (χ1n) is 11.8. The topological polar surface area (TPSA) is 97.7 Å². The van der Waals surface area contributed by atoms with E-state index < -0.39 is 17.3 Å². The fourth-order valence-electron chi connectivity index (χ4n) is 4.48. The van der Waals surface area contributed by atoms with Crippen molar-refractivity contribution in [2.75, 3.05) is 20.3 Å². The smallest absolute Gasteiger partial charge is 0.332 e. The molecular formula is C26H29N3O6S. The van der Waals surface area contributed by atoms with Crippen LogP contribution in [0, 0.1) is 6.92 Å². The molecule has 1 fully saturated rings. The molecule has 0 radical (unpaired) electrons. The number of para-hydroxylation sites is 1. The van der Waals surface area contributed by atoms with Gasteiger partial charge in [-0.05, 0) is 39.3 Å². The predicted molar refractivity (Wildman–Crippen MR) is 137 cm³/mol. The first-order chi connectivity index (χ1) is 17.2. The van der Waals surface area contributed by atoms with Gasteiger partial charge in [-0.2, -0.15) is 0 Å². The summed E-state index contributed by atoms with van der Waals surface area (Å²) in [5.41, 5.74) is 0.100. The van der Waals surface area contributed by atoms with E-state index in [0.717, 1.165) is 11.1 Å². The fraction of sp³-hybridized carbons (Fsp3) is 0.423. The molecule has 1 aliphatic rings. The van der Waals surface area contributed by atoms with E-state index in [1.54, 1.807) is 17.9 Å². The molecule has 0 amide bonds. The van der Waals surface area contributed by atoms with E-state index in [1.165, 1.54) is 22.2 Å². The van der Waals surface area contributed by atoms with Gasteiger partial charge >= 0.3 is 5.69 Å². The van der Waals surface area contributed by atoms with E-state index in [1.807, 2.05) is 52.0 Å². The summed E-state index contributed by atoms with van der Waals surface area (Å²) in [5, 5.41) is 0.480. The van der Waals surface area contributed by atoms with Gasteiger partial charge in [0.2, 0.25) is 5.89 Å². The molecule has 5 rings (SSSR count). The lowest BCUT2D eigenvalue weighted by Gasteiger charge is -2.32. The SMILES string of the molecule is COc1ccccc1[C@H](Cn1c(=O)n(C(C)(C)C)c(=O)c2c(C)c(-c3ncco3)sc21)OC1COC1. The minimum absolute atomic E-state index is 0.0902. The highest BCUT2D eigenvalue weighted by atomic mass is 32.1. The first-order valence-corrected chi connectivity index (χ1v) is 12.6. The van der Waals surface area contributed by atoms with Crippen molar-refractivity contribution in [2.24, 2.45) is 0 Å². The highest BCUT2D eigenvalue weighted by Gasteiger charge is 2.31. The molecule has 0 bridgehead atoms. The predicted octanol–water partition coefficient (Wildman–Crippen LogP) is 4.11. The Morgan fingerprint density at radius 3 is 2.58 bits per heavy atom. The number of aromatic nitrogens is 3. The molecule has 9 nitrogen and oxygen atoms in total. The molecule has 1 saturated heterocycles. The van der Waals surface area contributed by atoms with Gasteiger partial charge in [-0.1, -0.05) is 18.2 Å². The van der Waals surface area contributed by atoms with Crippen molar-refractivity contribution in [1.82, 2.24) is 14.1 Å². The molecule has 3 aromatic heterocycles. The number of aryl methyl sites for hydroxylation is 1. The van der Waals surface area contributed by atoms with Crippen LogP contribution in [0.4, 0.5) is 0 Å². The number of methoxy groups -OCH3 is 1. The molecule has 1 aliphatic heterocycles. The Morgan fingerprint density at radius 1 is 1.22 bits per heavy atom. The first kappa shape index (κ1) is 24.5. The number of hydrogen-bond acceptors (Lipinski definition) is 8. The molecule has 190 valence electrons. The van der Waals surface area contributed by atoms with Crippen molar-refractivity contribution in [3.8, 4) is 16.5 Å². The van der Waals surface area contributed by atoms with Crippen molar-refractivity contribution in [1.29, 1.82) is 0 Å². The highest BCUT2D eigenvalue weighted by molar-refractivity contribution is 7.22. The maximum atomic E-state index is 13.9. The van der Waals surface area contributed by atoms with Crippen LogP contribution in [-0.4, -0.2) is 40.5 Å². The zero-order valence-corrected chi connectivity index (χ0v) is 21.8. The Morgan fingerprint density at radius 2 is 1.97 bits per heavy atom. The molecular weight excluding hydrogens is 482 g/mol. The monoisotopic (exact) mass is 511 g/mol. The van der Waals surface area contributed by atoms with Crippen LogP contribution in [0.1, 0.15) is 38.0 Å². The van der Waals surface area contributed by atoms with Gasteiger partial charge in [-0.3, -0.25) is 13.9 Å². The lowest BCUT2D eigenvalue weighted by Crippen LogP contribution is -2.48. The molecule has 10 heteroatoms. The summed E-state index contributed by atoms with van der Waals surface area (Å²) in [7, 11) is 1.61. The van der Waals surface area contributed by atoms with E-state index in [-0.39, 0.29) is 18.2 Å². The number of oxazole rings is 1. The second-order valence-corrected chi connectivity index (χ2v) is 10.8. The van der Waals surface area contributed by atoms with Crippen LogP contribution in [0.5, 0.6) is 5.75 Å². The van der Waals surface area contributed by atoms with E-state index >= 15 is 0 Å². The lowest BCUT2D eigenvalue weighted by atomic mass is 10.1. The summed E-state index contributed by atoms with van der Waals surface area (Å²) in [5.74, 6) is 1.08. The number of fused-ring (bicyclic) bond motifs is 1. The van der Waals surface area contributed by atoms with Gasteiger partial charge in [0.15, 0.2) is 0 Å². The quantitative estimate of drug-likeness (QED) is 0.368. The second kappa shape index (κ2) is 9.34. The summed E-state index contributed by atoms with van der Waals surface area (Å²) in [4.78, 5) is 33.2. The third-order valence-electron chi connectivity index (χ3n) is 6.31. The van der Waals surface area contributed by atoms with Crippen LogP contribution >= 0.6 is 11.3 Å². The minimum Gasteiger partial charge on any atom is -0.496 e. The van der Waals surface area contributed by atoms with Gasteiger partial charge in [0.05, 0.1) is 43.3 Å². The Hall–Kier alpha value is -3.21. The molecule has 0 spiro atoms. The van der Waals surface area contributed by atoms with Crippen molar-refractivity contribution in [3.05, 3.63) is 68.7 Å². The van der Waals surface area contributed by atoms with Crippen LogP contribution in [0.3, 0.4) is 0 Å². The second-order valence-electron chi connectivity index (χ2n) is 9.80. The highest BCUT2D eigenvalue weighted by Crippen LogP contribution is 2.37.